The second-order valence-corrected chi connectivity index (χ2v) is 8.77. The monoisotopic (exact) mass is 475 g/mol. The number of anilines is 2. The molecule has 10 nitrogen and oxygen atoms in total. The summed E-state index contributed by atoms with van der Waals surface area (Å²) in [5.74, 6) is 1.71. The van der Waals surface area contributed by atoms with Gasteiger partial charge < -0.3 is 25.0 Å². The Kier molecular flexibility index (Phi) is 6.28. The van der Waals surface area contributed by atoms with Gasteiger partial charge in [-0.05, 0) is 36.4 Å². The predicted octanol–water partition coefficient (Wildman–Crippen LogP) is 5.06. The number of nitrogens with one attached hydrogen (secondary N) is 2. The first-order valence-electron chi connectivity index (χ1n) is 10.7. The van der Waals surface area contributed by atoms with Crippen LogP contribution < -0.4 is 25.8 Å². The molecule has 35 heavy (non-hydrogen) atoms. The molecule has 0 spiro atoms. The van der Waals surface area contributed by atoms with Gasteiger partial charge in [0.2, 0.25) is 0 Å². The third kappa shape index (κ3) is 5.32. The fourth-order valence-electron chi connectivity index (χ4n) is 3.30. The number of urea groups is 1. The van der Waals surface area contributed by atoms with Gasteiger partial charge in [0.05, 0.1) is 18.2 Å². The Balaban J connectivity index is 1.46. The number of pyridine rings is 1. The molecule has 0 aliphatic heterocycles. The highest BCUT2D eigenvalue weighted by atomic mass is 16.5. The summed E-state index contributed by atoms with van der Waals surface area (Å²) < 4.78 is 16.5. The molecule has 3 amide bonds. The summed E-state index contributed by atoms with van der Waals surface area (Å²) in [6.45, 7) is 5.97. The zero-order valence-corrected chi connectivity index (χ0v) is 19.7. The smallest absolute Gasteiger partial charge is 0.324 e. The first-order chi connectivity index (χ1) is 16.6. The van der Waals surface area contributed by atoms with E-state index in [1.165, 1.54) is 7.11 Å². The van der Waals surface area contributed by atoms with Crippen LogP contribution in [0.15, 0.2) is 59.3 Å². The van der Waals surface area contributed by atoms with Gasteiger partial charge in [0.15, 0.2) is 5.82 Å². The molecule has 0 radical (unpaired) electrons. The molecule has 0 unspecified atom stereocenters. The van der Waals surface area contributed by atoms with E-state index in [9.17, 15) is 9.59 Å². The predicted molar refractivity (Wildman–Crippen MR) is 131 cm³/mol. The third-order valence-electron chi connectivity index (χ3n) is 5.12. The number of methoxy groups -OCH3 is 1. The van der Waals surface area contributed by atoms with Gasteiger partial charge in [-0.15, -0.1) is 0 Å². The Bertz CT molecular complexity index is 1390. The van der Waals surface area contributed by atoms with Gasteiger partial charge in [-0.3, -0.25) is 15.1 Å². The second-order valence-electron chi connectivity index (χ2n) is 8.77. The van der Waals surface area contributed by atoms with E-state index in [0.29, 0.717) is 45.4 Å². The second kappa shape index (κ2) is 9.34. The molecule has 4 rings (SSSR count). The molecule has 4 N–H and O–H groups in total. The Hall–Kier alpha value is -4.60. The maximum atomic E-state index is 12.3. The molecule has 10 heteroatoms. The lowest BCUT2D eigenvalue weighted by Gasteiger charge is -2.12. The van der Waals surface area contributed by atoms with Crippen LogP contribution in [0.2, 0.25) is 0 Å². The first kappa shape index (κ1) is 23.6. The number of primary amides is 1. The Labute approximate surface area is 201 Å². The zero-order chi connectivity index (χ0) is 25.2. The number of ether oxygens (including phenoxy) is 2. The summed E-state index contributed by atoms with van der Waals surface area (Å²) in [5, 5.41) is 9.84. The molecular formula is C25H25N5O5. The van der Waals surface area contributed by atoms with Gasteiger partial charge in [0, 0.05) is 34.8 Å². The van der Waals surface area contributed by atoms with Gasteiger partial charge in [-0.2, -0.15) is 0 Å². The number of rotatable bonds is 6. The molecule has 2 aromatic heterocycles. The molecular weight excluding hydrogens is 450 g/mol. The van der Waals surface area contributed by atoms with Crippen LogP contribution in [0.1, 0.15) is 36.9 Å². The lowest BCUT2D eigenvalue weighted by Crippen LogP contribution is -2.19. The van der Waals surface area contributed by atoms with Gasteiger partial charge in [-0.25, -0.2) is 4.79 Å². The summed E-state index contributed by atoms with van der Waals surface area (Å²) in [4.78, 5) is 28.4. The van der Waals surface area contributed by atoms with E-state index in [2.05, 4.69) is 20.8 Å². The summed E-state index contributed by atoms with van der Waals surface area (Å²) in [6.07, 6.45) is 1.59. The van der Waals surface area contributed by atoms with Crippen LogP contribution in [0.5, 0.6) is 17.2 Å². The fourth-order valence-corrected chi connectivity index (χ4v) is 3.30. The van der Waals surface area contributed by atoms with E-state index in [1.807, 2.05) is 20.8 Å². The standard InChI is InChI=1S/C25H25N5O5/c1-25(2,3)21-13-22(30-35-21)29-24(32)28-14-5-7-15(8-6-14)34-19-9-10-27-18-12-20(33-4)17(23(26)31)11-16(18)19/h5-13H,1-4H3,(H2,26,31)(H2,28,29,30,32). The van der Waals surface area contributed by atoms with E-state index >= 15 is 0 Å². The van der Waals surface area contributed by atoms with E-state index < -0.39 is 11.9 Å². The minimum Gasteiger partial charge on any atom is -0.496 e. The maximum Gasteiger partial charge on any atom is 0.324 e. The van der Waals surface area contributed by atoms with Crippen molar-refractivity contribution in [1.29, 1.82) is 0 Å². The summed E-state index contributed by atoms with van der Waals surface area (Å²) >= 11 is 0. The molecule has 2 aromatic carbocycles. The van der Waals surface area contributed by atoms with Crippen LogP contribution in [0.4, 0.5) is 16.3 Å². The third-order valence-corrected chi connectivity index (χ3v) is 5.12. The Morgan fingerprint density at radius 3 is 2.37 bits per heavy atom. The average molecular weight is 476 g/mol. The van der Waals surface area contributed by atoms with Crippen LogP contribution in [0, 0.1) is 0 Å². The Morgan fingerprint density at radius 2 is 1.74 bits per heavy atom. The molecule has 2 heterocycles. The minimum atomic E-state index is -0.618. The number of nitrogens with zero attached hydrogens (tertiary/aromatic N) is 2. The largest absolute Gasteiger partial charge is 0.496 e. The van der Waals surface area contributed by atoms with Crippen molar-refractivity contribution < 1.29 is 23.6 Å². The van der Waals surface area contributed by atoms with Crippen molar-refractivity contribution in [2.24, 2.45) is 5.73 Å². The zero-order valence-electron chi connectivity index (χ0n) is 19.7. The van der Waals surface area contributed by atoms with Crippen LogP contribution in [-0.2, 0) is 5.41 Å². The van der Waals surface area contributed by atoms with Gasteiger partial charge >= 0.3 is 6.03 Å². The number of amides is 3. The van der Waals surface area contributed by atoms with Crippen molar-refractivity contribution in [3.8, 4) is 17.2 Å². The number of nitrogens with two attached hydrogens (primary N) is 1. The van der Waals surface area contributed by atoms with E-state index in [-0.39, 0.29) is 11.0 Å². The topological polar surface area (TPSA) is 142 Å². The summed E-state index contributed by atoms with van der Waals surface area (Å²) in [7, 11) is 1.46. The number of fused-ring (bicyclic) bond motifs is 1. The van der Waals surface area contributed by atoms with E-state index in [0.717, 1.165) is 0 Å². The van der Waals surface area contributed by atoms with Crippen molar-refractivity contribution in [2.45, 2.75) is 26.2 Å². The Morgan fingerprint density at radius 1 is 1.00 bits per heavy atom. The van der Waals surface area contributed by atoms with Crippen LogP contribution in [-0.4, -0.2) is 29.2 Å². The van der Waals surface area contributed by atoms with E-state index in [1.54, 1.807) is 54.7 Å². The SMILES string of the molecule is COc1cc2nccc(Oc3ccc(NC(=O)Nc4cc(C(C)(C)C)on4)cc3)c2cc1C(N)=O. The number of hydrogen-bond acceptors (Lipinski definition) is 7. The highest BCUT2D eigenvalue weighted by Crippen LogP contribution is 2.33. The lowest BCUT2D eigenvalue weighted by molar-refractivity contribution is 0.0997. The number of carbonyl (C=O) groups excluding carboxylic acids is 2. The lowest BCUT2D eigenvalue weighted by atomic mass is 9.93. The number of aromatic nitrogens is 2. The fraction of sp³-hybridized carbons (Fsp3) is 0.200. The molecule has 0 saturated carbocycles. The molecule has 180 valence electrons. The molecule has 0 bridgehead atoms. The molecule has 0 aliphatic carbocycles. The van der Waals surface area contributed by atoms with Gasteiger partial charge in [-0.1, -0.05) is 25.9 Å². The van der Waals surface area contributed by atoms with Crippen molar-refractivity contribution in [3.63, 3.8) is 0 Å². The summed E-state index contributed by atoms with van der Waals surface area (Å²) in [6, 6.07) is 12.9. The number of carbonyl (C=O) groups is 2. The number of hydrogen-bond donors (Lipinski definition) is 3. The average Bonchev–Trinajstić information content (AvgIpc) is 3.28. The molecule has 0 fully saturated rings. The molecule has 0 aliphatic rings. The molecule has 4 aromatic rings. The van der Waals surface area contributed by atoms with Gasteiger partial charge in [0.1, 0.15) is 23.0 Å². The van der Waals surface area contributed by atoms with Crippen molar-refractivity contribution >= 4 is 34.3 Å². The van der Waals surface area contributed by atoms with Crippen LogP contribution >= 0.6 is 0 Å². The van der Waals surface area contributed by atoms with Gasteiger partial charge in [0.25, 0.3) is 5.91 Å². The molecule has 0 saturated heterocycles. The van der Waals surface area contributed by atoms with Crippen LogP contribution in [0.3, 0.4) is 0 Å². The number of benzene rings is 2. The van der Waals surface area contributed by atoms with E-state index in [4.69, 9.17) is 19.7 Å². The molecule has 0 atom stereocenters. The normalized spacial score (nSPS) is 11.2. The first-order valence-corrected chi connectivity index (χ1v) is 10.7. The van der Waals surface area contributed by atoms with Crippen molar-refractivity contribution in [2.75, 3.05) is 17.7 Å². The highest BCUT2D eigenvalue weighted by Gasteiger charge is 2.20. The quantitative estimate of drug-likeness (QED) is 0.354. The van der Waals surface area contributed by atoms with Crippen molar-refractivity contribution in [3.05, 3.63) is 66.1 Å². The maximum absolute atomic E-state index is 12.3. The van der Waals surface area contributed by atoms with Crippen LogP contribution in [0.25, 0.3) is 10.9 Å². The summed E-state index contributed by atoms with van der Waals surface area (Å²) in [5.41, 5.74) is 6.63. The minimum absolute atomic E-state index is 0.215. The van der Waals surface area contributed by atoms with Crippen molar-refractivity contribution in [1.82, 2.24) is 10.1 Å². The highest BCUT2D eigenvalue weighted by molar-refractivity contribution is 6.01.